The van der Waals surface area contributed by atoms with E-state index >= 15 is 0 Å². The molecule has 0 bridgehead atoms. The average molecular weight is 209 g/mol. The van der Waals surface area contributed by atoms with Crippen molar-refractivity contribution in [2.45, 2.75) is 18.9 Å². The minimum absolute atomic E-state index is 0.108. The monoisotopic (exact) mass is 209 g/mol. The molecule has 0 aliphatic heterocycles. The highest BCUT2D eigenvalue weighted by Gasteiger charge is 2.16. The van der Waals surface area contributed by atoms with Crippen molar-refractivity contribution in [3.05, 3.63) is 35.0 Å². The van der Waals surface area contributed by atoms with Gasteiger partial charge in [0.15, 0.2) is 0 Å². The van der Waals surface area contributed by atoms with Gasteiger partial charge in [-0.3, -0.25) is 9.99 Å². The van der Waals surface area contributed by atoms with Crippen molar-refractivity contribution < 1.29 is 5.11 Å². The topological polar surface area (TPSA) is 65.8 Å². The molecule has 1 atom stereocenters. The molecule has 1 aromatic heterocycles. The van der Waals surface area contributed by atoms with Crippen LogP contribution in [0.2, 0.25) is 0 Å². The van der Waals surface area contributed by atoms with Crippen LogP contribution in [0.3, 0.4) is 0 Å². The SMILES string of the molecule is CN(N=O)C(CCCO)c1cccnc1. The molecule has 5 nitrogen and oxygen atoms in total. The van der Waals surface area contributed by atoms with Gasteiger partial charge in [-0.2, -0.15) is 0 Å². The number of rotatable bonds is 6. The number of hydrogen-bond acceptors (Lipinski definition) is 4. The molecule has 0 aliphatic carbocycles. The van der Waals surface area contributed by atoms with Gasteiger partial charge in [0.2, 0.25) is 0 Å². The van der Waals surface area contributed by atoms with Crippen molar-refractivity contribution in [1.29, 1.82) is 0 Å². The van der Waals surface area contributed by atoms with E-state index in [4.69, 9.17) is 5.11 Å². The normalized spacial score (nSPS) is 12.1. The molecule has 1 heterocycles. The van der Waals surface area contributed by atoms with Crippen LogP contribution in [0.1, 0.15) is 24.4 Å². The first-order chi connectivity index (χ1) is 7.29. The van der Waals surface area contributed by atoms with Crippen LogP contribution in [0.5, 0.6) is 0 Å². The van der Waals surface area contributed by atoms with E-state index in [1.165, 1.54) is 5.01 Å². The molecule has 0 saturated heterocycles. The lowest BCUT2D eigenvalue weighted by Gasteiger charge is -2.22. The molecular formula is C10H15N3O2. The van der Waals surface area contributed by atoms with Crippen LogP contribution in [-0.4, -0.2) is 28.8 Å². The van der Waals surface area contributed by atoms with Gasteiger partial charge in [0.1, 0.15) is 0 Å². The molecule has 0 aromatic carbocycles. The third-order valence-corrected chi connectivity index (χ3v) is 2.28. The number of aromatic nitrogens is 1. The van der Waals surface area contributed by atoms with Crippen molar-refractivity contribution in [3.63, 3.8) is 0 Å². The Morgan fingerprint density at radius 3 is 3.00 bits per heavy atom. The molecular weight excluding hydrogens is 194 g/mol. The highest BCUT2D eigenvalue weighted by Crippen LogP contribution is 2.23. The van der Waals surface area contributed by atoms with Gasteiger partial charge in [-0.25, -0.2) is 0 Å². The molecule has 0 saturated carbocycles. The van der Waals surface area contributed by atoms with Gasteiger partial charge >= 0.3 is 0 Å². The highest BCUT2D eigenvalue weighted by atomic mass is 16.3. The fourth-order valence-electron chi connectivity index (χ4n) is 1.48. The maximum Gasteiger partial charge on any atom is 0.0764 e. The molecule has 0 aliphatic rings. The number of aliphatic hydroxyl groups excluding tert-OH is 1. The van der Waals surface area contributed by atoms with Gasteiger partial charge < -0.3 is 5.11 Å². The van der Waals surface area contributed by atoms with E-state index in [0.29, 0.717) is 12.8 Å². The second kappa shape index (κ2) is 6.08. The van der Waals surface area contributed by atoms with Gasteiger partial charge in [-0.15, -0.1) is 4.91 Å². The summed E-state index contributed by atoms with van der Waals surface area (Å²) in [6.45, 7) is 0.115. The Bertz CT molecular complexity index is 292. The van der Waals surface area contributed by atoms with E-state index in [1.807, 2.05) is 12.1 Å². The quantitative estimate of drug-likeness (QED) is 0.569. The zero-order valence-electron chi connectivity index (χ0n) is 8.71. The summed E-state index contributed by atoms with van der Waals surface area (Å²) in [6, 6.07) is 3.61. The molecule has 0 radical (unpaired) electrons. The Morgan fingerprint density at radius 2 is 2.47 bits per heavy atom. The maximum atomic E-state index is 10.5. The molecule has 1 aromatic rings. The average Bonchev–Trinajstić information content (AvgIpc) is 2.30. The van der Waals surface area contributed by atoms with Crippen LogP contribution in [0.4, 0.5) is 0 Å². The van der Waals surface area contributed by atoms with Gasteiger partial charge in [0, 0.05) is 26.0 Å². The van der Waals surface area contributed by atoms with Crippen LogP contribution < -0.4 is 0 Å². The van der Waals surface area contributed by atoms with Gasteiger partial charge in [0.05, 0.1) is 11.3 Å². The predicted molar refractivity (Wildman–Crippen MR) is 56.9 cm³/mol. The van der Waals surface area contributed by atoms with E-state index < -0.39 is 0 Å². The molecule has 0 fully saturated rings. The number of nitroso groups, excluding NO2 is 1. The minimum Gasteiger partial charge on any atom is -0.396 e. The Morgan fingerprint density at radius 1 is 1.67 bits per heavy atom. The van der Waals surface area contributed by atoms with E-state index in [1.54, 1.807) is 19.4 Å². The largest absolute Gasteiger partial charge is 0.396 e. The summed E-state index contributed by atoms with van der Waals surface area (Å²) in [5, 5.41) is 13.0. The smallest absolute Gasteiger partial charge is 0.0764 e. The zero-order valence-corrected chi connectivity index (χ0v) is 8.71. The predicted octanol–water partition coefficient (Wildman–Crippen LogP) is 1.51. The maximum absolute atomic E-state index is 10.5. The first kappa shape index (κ1) is 11.6. The number of nitrogens with zero attached hydrogens (tertiary/aromatic N) is 3. The molecule has 5 heteroatoms. The lowest BCUT2D eigenvalue weighted by atomic mass is 10.0. The summed E-state index contributed by atoms with van der Waals surface area (Å²) in [5.41, 5.74) is 0.938. The van der Waals surface area contributed by atoms with Gasteiger partial charge in [-0.1, -0.05) is 6.07 Å². The molecule has 1 N–H and O–H groups in total. The molecule has 82 valence electrons. The second-order valence-electron chi connectivity index (χ2n) is 3.32. The molecule has 1 unspecified atom stereocenters. The highest BCUT2D eigenvalue weighted by molar-refractivity contribution is 5.13. The lowest BCUT2D eigenvalue weighted by molar-refractivity contribution is 0.211. The summed E-state index contributed by atoms with van der Waals surface area (Å²) in [5.74, 6) is 0. The number of hydrogen-bond donors (Lipinski definition) is 1. The lowest BCUT2D eigenvalue weighted by Crippen LogP contribution is -2.19. The fourth-order valence-corrected chi connectivity index (χ4v) is 1.48. The van der Waals surface area contributed by atoms with E-state index in [-0.39, 0.29) is 12.6 Å². The van der Waals surface area contributed by atoms with Crippen LogP contribution in [0.15, 0.2) is 29.8 Å². The summed E-state index contributed by atoms with van der Waals surface area (Å²) >= 11 is 0. The summed E-state index contributed by atoms with van der Waals surface area (Å²) in [7, 11) is 1.63. The molecule has 15 heavy (non-hydrogen) atoms. The second-order valence-corrected chi connectivity index (χ2v) is 3.32. The first-order valence-corrected chi connectivity index (χ1v) is 4.86. The molecule has 1 rings (SSSR count). The summed E-state index contributed by atoms with van der Waals surface area (Å²) < 4.78 is 0. The Hall–Kier alpha value is -1.49. The van der Waals surface area contributed by atoms with Crippen molar-refractivity contribution in [2.75, 3.05) is 13.7 Å². The van der Waals surface area contributed by atoms with Crippen molar-refractivity contribution in [3.8, 4) is 0 Å². The van der Waals surface area contributed by atoms with Crippen LogP contribution in [-0.2, 0) is 0 Å². The van der Waals surface area contributed by atoms with Gasteiger partial charge in [0.25, 0.3) is 0 Å². The van der Waals surface area contributed by atoms with E-state index in [0.717, 1.165) is 5.56 Å². The van der Waals surface area contributed by atoms with E-state index in [9.17, 15) is 4.91 Å². The van der Waals surface area contributed by atoms with Crippen LogP contribution in [0.25, 0.3) is 0 Å². The first-order valence-electron chi connectivity index (χ1n) is 4.86. The van der Waals surface area contributed by atoms with Crippen LogP contribution >= 0.6 is 0 Å². The molecule has 0 amide bonds. The molecule has 0 spiro atoms. The fraction of sp³-hybridized carbons (Fsp3) is 0.500. The Kier molecular flexibility index (Phi) is 4.70. The number of aliphatic hydroxyl groups is 1. The number of pyridine rings is 1. The third kappa shape index (κ3) is 3.28. The zero-order chi connectivity index (χ0) is 11.1. The van der Waals surface area contributed by atoms with Crippen LogP contribution in [0, 0.1) is 4.91 Å². The standard InChI is InChI=1S/C10H15N3O2/c1-13(12-15)10(5-3-7-14)9-4-2-6-11-8-9/h2,4,6,8,10,14H,3,5,7H2,1H3. The van der Waals surface area contributed by atoms with E-state index in [2.05, 4.69) is 10.3 Å². The third-order valence-electron chi connectivity index (χ3n) is 2.28. The summed E-state index contributed by atoms with van der Waals surface area (Å²) in [4.78, 5) is 14.5. The van der Waals surface area contributed by atoms with Crippen molar-refractivity contribution in [1.82, 2.24) is 9.99 Å². The van der Waals surface area contributed by atoms with Gasteiger partial charge in [-0.05, 0) is 24.5 Å². The van der Waals surface area contributed by atoms with Crippen molar-refractivity contribution in [2.24, 2.45) is 5.29 Å². The Labute approximate surface area is 88.7 Å². The summed E-state index contributed by atoms with van der Waals surface area (Å²) in [6.07, 6.45) is 4.72. The van der Waals surface area contributed by atoms with Crippen molar-refractivity contribution >= 4 is 0 Å². The Balaban J connectivity index is 2.76. The minimum atomic E-state index is -0.108.